The monoisotopic (exact) mass is 327 g/mol. The average Bonchev–Trinajstić information content (AvgIpc) is 2.62. The van der Waals surface area contributed by atoms with Gasteiger partial charge in [0.15, 0.2) is 0 Å². The van der Waals surface area contributed by atoms with Crippen LogP contribution in [0, 0.1) is 0 Å². The van der Waals surface area contributed by atoms with Crippen LogP contribution in [0.5, 0.6) is 5.75 Å². The van der Waals surface area contributed by atoms with Gasteiger partial charge in [-0.2, -0.15) is 0 Å². The Bertz CT molecular complexity index is 369. The smallest absolute Gasteiger partial charge is 0.119 e. The molecule has 106 valence electrons. The first-order chi connectivity index (χ1) is 9.25. The minimum absolute atomic E-state index is 0.199. The molecular formula is C15H22BrNO2. The number of hydrogen-bond donors (Lipinski definition) is 2. The molecule has 1 aliphatic rings. The summed E-state index contributed by atoms with van der Waals surface area (Å²) >= 11 is 3.40. The molecule has 4 heteroatoms. The fourth-order valence-electron chi connectivity index (χ4n) is 2.47. The van der Waals surface area contributed by atoms with Gasteiger partial charge in [0.05, 0.1) is 6.10 Å². The average molecular weight is 328 g/mol. The Morgan fingerprint density at radius 3 is 2.68 bits per heavy atom. The minimum Gasteiger partial charge on any atom is -0.492 e. The van der Waals surface area contributed by atoms with Gasteiger partial charge in [0.2, 0.25) is 0 Å². The second-order valence-corrected chi connectivity index (χ2v) is 5.98. The highest BCUT2D eigenvalue weighted by Crippen LogP contribution is 2.18. The molecule has 0 aromatic heterocycles. The van der Waals surface area contributed by atoms with E-state index in [0.717, 1.165) is 36.0 Å². The van der Waals surface area contributed by atoms with E-state index >= 15 is 0 Å². The molecular weight excluding hydrogens is 306 g/mol. The second-order valence-electron chi connectivity index (χ2n) is 5.07. The highest BCUT2D eigenvalue weighted by atomic mass is 79.9. The lowest BCUT2D eigenvalue weighted by Gasteiger charge is -2.21. The molecule has 19 heavy (non-hydrogen) atoms. The first-order valence-electron chi connectivity index (χ1n) is 7.05. The van der Waals surface area contributed by atoms with Crippen LogP contribution in [0.3, 0.4) is 0 Å². The molecule has 2 atom stereocenters. The summed E-state index contributed by atoms with van der Waals surface area (Å²) in [6.07, 6.45) is 5.39. The molecule has 0 spiro atoms. The summed E-state index contributed by atoms with van der Waals surface area (Å²) in [4.78, 5) is 0. The molecule has 0 aliphatic heterocycles. The molecule has 2 N–H and O–H groups in total. The van der Waals surface area contributed by atoms with Crippen LogP contribution in [0.2, 0.25) is 0 Å². The third kappa shape index (κ3) is 5.13. The van der Waals surface area contributed by atoms with E-state index in [9.17, 15) is 5.11 Å². The van der Waals surface area contributed by atoms with Crippen molar-refractivity contribution in [3.63, 3.8) is 0 Å². The van der Waals surface area contributed by atoms with Crippen LogP contribution < -0.4 is 10.1 Å². The predicted molar refractivity (Wildman–Crippen MR) is 80.5 cm³/mol. The highest BCUT2D eigenvalue weighted by molar-refractivity contribution is 9.10. The maximum Gasteiger partial charge on any atom is 0.119 e. The summed E-state index contributed by atoms with van der Waals surface area (Å²) < 4.78 is 6.71. The van der Waals surface area contributed by atoms with Crippen molar-refractivity contribution < 1.29 is 9.84 Å². The fraction of sp³-hybridized carbons (Fsp3) is 0.600. The summed E-state index contributed by atoms with van der Waals surface area (Å²) in [5.41, 5.74) is 0. The van der Waals surface area contributed by atoms with E-state index in [2.05, 4.69) is 21.2 Å². The van der Waals surface area contributed by atoms with Gasteiger partial charge in [0.25, 0.3) is 0 Å². The van der Waals surface area contributed by atoms with Crippen LogP contribution in [0.25, 0.3) is 0 Å². The Morgan fingerprint density at radius 1 is 1.16 bits per heavy atom. The van der Waals surface area contributed by atoms with Gasteiger partial charge < -0.3 is 15.2 Å². The predicted octanol–water partition coefficient (Wildman–Crippen LogP) is 3.11. The Balaban J connectivity index is 1.67. The zero-order chi connectivity index (χ0) is 13.5. The Hall–Kier alpha value is -0.580. The van der Waals surface area contributed by atoms with Crippen LogP contribution in [0.15, 0.2) is 28.7 Å². The lowest BCUT2D eigenvalue weighted by molar-refractivity contribution is 0.117. The van der Waals surface area contributed by atoms with Gasteiger partial charge in [-0.05, 0) is 37.1 Å². The highest BCUT2D eigenvalue weighted by Gasteiger charge is 2.20. The molecule has 2 unspecified atom stereocenters. The summed E-state index contributed by atoms with van der Waals surface area (Å²) in [6.45, 7) is 1.41. The topological polar surface area (TPSA) is 41.5 Å². The molecule has 0 bridgehead atoms. The first kappa shape index (κ1) is 14.8. The van der Waals surface area contributed by atoms with Crippen molar-refractivity contribution in [3.8, 4) is 5.75 Å². The van der Waals surface area contributed by atoms with Gasteiger partial charge in [-0.15, -0.1) is 0 Å². The molecule has 1 fully saturated rings. The normalized spacial score (nSPS) is 23.9. The zero-order valence-corrected chi connectivity index (χ0v) is 12.7. The zero-order valence-electron chi connectivity index (χ0n) is 11.1. The van der Waals surface area contributed by atoms with Gasteiger partial charge in [0.1, 0.15) is 12.4 Å². The quantitative estimate of drug-likeness (QED) is 0.645. The van der Waals surface area contributed by atoms with E-state index < -0.39 is 0 Å². The number of halogens is 1. The van der Waals surface area contributed by atoms with Crippen LogP contribution in [0.1, 0.15) is 32.1 Å². The fourth-order valence-corrected chi connectivity index (χ4v) is 2.73. The molecule has 3 nitrogen and oxygen atoms in total. The number of hydrogen-bond acceptors (Lipinski definition) is 3. The number of ether oxygens (including phenoxy) is 1. The molecule has 0 amide bonds. The van der Waals surface area contributed by atoms with E-state index in [4.69, 9.17) is 4.74 Å². The van der Waals surface area contributed by atoms with Crippen LogP contribution in [0.4, 0.5) is 0 Å². The van der Waals surface area contributed by atoms with Crippen LogP contribution in [-0.4, -0.2) is 30.4 Å². The lowest BCUT2D eigenvalue weighted by Crippen LogP contribution is -2.41. The Morgan fingerprint density at radius 2 is 1.89 bits per heavy atom. The summed E-state index contributed by atoms with van der Waals surface area (Å²) in [6, 6.07) is 8.07. The van der Waals surface area contributed by atoms with Crippen molar-refractivity contribution in [1.29, 1.82) is 0 Å². The van der Waals surface area contributed by atoms with E-state index in [1.165, 1.54) is 12.8 Å². The molecule has 0 radical (unpaired) electrons. The summed E-state index contributed by atoms with van der Waals surface area (Å²) in [7, 11) is 0. The molecule has 1 aliphatic carbocycles. The molecule has 1 aromatic rings. The van der Waals surface area contributed by atoms with Crippen LogP contribution in [-0.2, 0) is 0 Å². The third-order valence-electron chi connectivity index (χ3n) is 3.57. The van der Waals surface area contributed by atoms with Gasteiger partial charge >= 0.3 is 0 Å². The van der Waals surface area contributed by atoms with Crippen molar-refractivity contribution in [1.82, 2.24) is 5.32 Å². The molecule has 2 rings (SSSR count). The van der Waals surface area contributed by atoms with Crippen LogP contribution >= 0.6 is 15.9 Å². The maximum atomic E-state index is 9.99. The van der Waals surface area contributed by atoms with E-state index in [0.29, 0.717) is 6.61 Å². The minimum atomic E-state index is -0.199. The molecule has 1 saturated carbocycles. The SMILES string of the molecule is OC1CCCCCC1NCCOc1ccc(Br)cc1. The van der Waals surface area contributed by atoms with Crippen molar-refractivity contribution in [2.24, 2.45) is 0 Å². The van der Waals surface area contributed by atoms with Gasteiger partial charge in [-0.3, -0.25) is 0 Å². The van der Waals surface area contributed by atoms with Gasteiger partial charge in [0, 0.05) is 17.1 Å². The number of benzene rings is 1. The first-order valence-corrected chi connectivity index (χ1v) is 7.85. The largest absolute Gasteiger partial charge is 0.492 e. The van der Waals surface area contributed by atoms with E-state index in [1.807, 2.05) is 24.3 Å². The number of aliphatic hydroxyl groups is 1. The van der Waals surface area contributed by atoms with E-state index in [1.54, 1.807) is 0 Å². The summed E-state index contributed by atoms with van der Waals surface area (Å²) in [5.74, 6) is 0.881. The van der Waals surface area contributed by atoms with Crippen molar-refractivity contribution in [2.75, 3.05) is 13.2 Å². The molecule has 1 aromatic carbocycles. The number of rotatable bonds is 5. The van der Waals surface area contributed by atoms with Gasteiger partial charge in [-0.25, -0.2) is 0 Å². The number of aliphatic hydroxyl groups excluding tert-OH is 1. The lowest BCUT2D eigenvalue weighted by atomic mass is 10.1. The molecule has 0 saturated heterocycles. The second kappa shape index (κ2) is 7.88. The molecule has 0 heterocycles. The Labute approximate surface area is 123 Å². The standard InChI is InChI=1S/C15H22BrNO2/c16-12-6-8-13(9-7-12)19-11-10-17-14-4-2-1-3-5-15(14)18/h6-9,14-15,17-18H,1-5,10-11H2. The number of nitrogens with one attached hydrogen (secondary N) is 1. The van der Waals surface area contributed by atoms with E-state index in [-0.39, 0.29) is 12.1 Å². The van der Waals surface area contributed by atoms with Crippen molar-refractivity contribution >= 4 is 15.9 Å². The van der Waals surface area contributed by atoms with Gasteiger partial charge in [-0.1, -0.05) is 35.2 Å². The third-order valence-corrected chi connectivity index (χ3v) is 4.10. The maximum absolute atomic E-state index is 9.99. The van der Waals surface area contributed by atoms with Crippen molar-refractivity contribution in [3.05, 3.63) is 28.7 Å². The Kier molecular flexibility index (Phi) is 6.14. The van der Waals surface area contributed by atoms with Crippen molar-refractivity contribution in [2.45, 2.75) is 44.2 Å². The summed E-state index contributed by atoms with van der Waals surface area (Å²) in [5, 5.41) is 13.4.